The normalized spacial score (nSPS) is 19.9. The first-order valence-electron chi connectivity index (χ1n) is 10.4. The second-order valence-corrected chi connectivity index (χ2v) is 8.64. The number of aromatic nitrogens is 1. The van der Waals surface area contributed by atoms with E-state index in [1.165, 1.54) is 25.7 Å². The number of hydrogen-bond donors (Lipinski definition) is 2. The molecular weight excluding hydrogens is 354 g/mol. The monoisotopic (exact) mass is 389 g/mol. The third-order valence-corrected chi connectivity index (χ3v) is 5.53. The zero-order chi connectivity index (χ0) is 20.6. The Morgan fingerprint density at radius 1 is 1.18 bits per heavy atom. The first-order valence-corrected chi connectivity index (χ1v) is 10.4. The lowest BCUT2D eigenvalue weighted by atomic mass is 9.71. The van der Waals surface area contributed by atoms with Crippen LogP contribution in [0.15, 0.2) is 18.3 Å². The molecule has 0 bridgehead atoms. The van der Waals surface area contributed by atoms with Gasteiger partial charge >= 0.3 is 5.97 Å². The molecule has 1 fully saturated rings. The highest BCUT2D eigenvalue weighted by molar-refractivity contribution is 5.94. The molecule has 2 N–H and O–H groups in total. The number of carbonyl (C=O) groups is 2. The summed E-state index contributed by atoms with van der Waals surface area (Å²) in [5.41, 5.74) is 1.83. The lowest BCUT2D eigenvalue weighted by Crippen LogP contribution is -2.36. The third-order valence-electron chi connectivity index (χ3n) is 5.53. The number of carbonyl (C=O) groups excluding carboxylic acids is 2. The summed E-state index contributed by atoms with van der Waals surface area (Å²) in [6.07, 6.45) is 6.74. The molecule has 1 saturated carbocycles. The maximum atomic E-state index is 12.1. The number of amides is 1. The summed E-state index contributed by atoms with van der Waals surface area (Å²) in [6.45, 7) is 10.1. The number of ether oxygens (including phenoxy) is 1. The minimum atomic E-state index is -0.307. The fourth-order valence-electron chi connectivity index (χ4n) is 3.69. The molecule has 1 heterocycles. The first kappa shape index (κ1) is 22.3. The van der Waals surface area contributed by atoms with Crippen molar-refractivity contribution in [1.29, 1.82) is 0 Å². The summed E-state index contributed by atoms with van der Waals surface area (Å²) in [6, 6.07) is 4.21. The quantitative estimate of drug-likeness (QED) is 0.666. The highest BCUT2D eigenvalue weighted by Gasteiger charge is 2.29. The number of hydrogen-bond acceptors (Lipinski definition) is 5. The summed E-state index contributed by atoms with van der Waals surface area (Å²) in [4.78, 5) is 27.8. The molecule has 156 valence electrons. The molecule has 1 aromatic rings. The summed E-state index contributed by atoms with van der Waals surface area (Å²) < 4.78 is 4.83. The molecule has 0 aliphatic heterocycles. The second-order valence-electron chi connectivity index (χ2n) is 8.64. The Balaban J connectivity index is 1.71. The van der Waals surface area contributed by atoms with Crippen LogP contribution in [0.25, 0.3) is 0 Å². The van der Waals surface area contributed by atoms with E-state index in [9.17, 15) is 9.59 Å². The van der Waals surface area contributed by atoms with Gasteiger partial charge in [-0.1, -0.05) is 20.8 Å². The predicted octanol–water partition coefficient (Wildman–Crippen LogP) is 3.46. The van der Waals surface area contributed by atoms with Crippen LogP contribution in [0, 0.1) is 11.3 Å². The van der Waals surface area contributed by atoms with Crippen LogP contribution >= 0.6 is 0 Å². The van der Waals surface area contributed by atoms with Crippen molar-refractivity contribution in [2.45, 2.75) is 72.4 Å². The minimum absolute atomic E-state index is 0.173. The van der Waals surface area contributed by atoms with Gasteiger partial charge < -0.3 is 15.4 Å². The van der Waals surface area contributed by atoms with Crippen LogP contribution in [-0.4, -0.2) is 36.1 Å². The fraction of sp³-hybridized carbons (Fsp3) is 0.682. The van der Waals surface area contributed by atoms with Gasteiger partial charge in [0.25, 0.3) is 5.91 Å². The van der Waals surface area contributed by atoms with E-state index < -0.39 is 0 Å². The molecular formula is C22H35N3O3. The summed E-state index contributed by atoms with van der Waals surface area (Å²) in [7, 11) is 0. The minimum Gasteiger partial charge on any atom is -0.466 e. The van der Waals surface area contributed by atoms with Crippen LogP contribution in [0.2, 0.25) is 0 Å². The maximum absolute atomic E-state index is 12.1. The van der Waals surface area contributed by atoms with Gasteiger partial charge in [0.1, 0.15) is 0 Å². The average molecular weight is 390 g/mol. The Morgan fingerprint density at radius 3 is 2.46 bits per heavy atom. The molecule has 0 unspecified atom stereocenters. The van der Waals surface area contributed by atoms with Crippen LogP contribution < -0.4 is 10.6 Å². The molecule has 1 aromatic heterocycles. The van der Waals surface area contributed by atoms with Crippen molar-refractivity contribution in [1.82, 2.24) is 15.6 Å². The first-order chi connectivity index (χ1) is 13.3. The number of nitrogens with zero attached hydrogens (tertiary/aromatic N) is 1. The van der Waals surface area contributed by atoms with Gasteiger partial charge in [0.15, 0.2) is 0 Å². The van der Waals surface area contributed by atoms with Gasteiger partial charge in [-0.05, 0) is 56.1 Å². The molecule has 0 spiro atoms. The summed E-state index contributed by atoms with van der Waals surface area (Å²) in [5, 5.41) is 6.32. The van der Waals surface area contributed by atoms with Gasteiger partial charge in [-0.3, -0.25) is 14.6 Å². The van der Waals surface area contributed by atoms with E-state index in [1.807, 2.05) is 6.07 Å². The largest absolute Gasteiger partial charge is 0.466 e. The van der Waals surface area contributed by atoms with Gasteiger partial charge in [-0.2, -0.15) is 0 Å². The molecule has 6 nitrogen and oxygen atoms in total. The van der Waals surface area contributed by atoms with Crippen molar-refractivity contribution < 1.29 is 14.3 Å². The molecule has 0 radical (unpaired) electrons. The van der Waals surface area contributed by atoms with E-state index in [0.717, 1.165) is 18.2 Å². The van der Waals surface area contributed by atoms with Gasteiger partial charge in [0.05, 0.1) is 24.3 Å². The molecule has 0 saturated heterocycles. The van der Waals surface area contributed by atoms with Gasteiger partial charge in [0.2, 0.25) is 0 Å². The highest BCUT2D eigenvalue weighted by Crippen LogP contribution is 2.37. The molecule has 0 aromatic carbocycles. The van der Waals surface area contributed by atoms with Crippen molar-refractivity contribution in [2.75, 3.05) is 13.2 Å². The fourth-order valence-corrected chi connectivity index (χ4v) is 3.69. The lowest BCUT2D eigenvalue weighted by Gasteiger charge is -2.37. The van der Waals surface area contributed by atoms with Crippen molar-refractivity contribution >= 4 is 11.9 Å². The Bertz CT molecular complexity index is 629. The van der Waals surface area contributed by atoms with Gasteiger partial charge in [0, 0.05) is 25.3 Å². The topological polar surface area (TPSA) is 80.3 Å². The Labute approximate surface area is 168 Å². The molecule has 6 heteroatoms. The molecule has 1 aliphatic carbocycles. The van der Waals surface area contributed by atoms with E-state index in [2.05, 4.69) is 36.4 Å². The Kier molecular flexibility index (Phi) is 8.42. The second kappa shape index (κ2) is 10.6. The lowest BCUT2D eigenvalue weighted by molar-refractivity contribution is -0.142. The van der Waals surface area contributed by atoms with Crippen molar-refractivity contribution in [3.05, 3.63) is 29.6 Å². The van der Waals surface area contributed by atoms with E-state index in [0.29, 0.717) is 23.6 Å². The molecule has 28 heavy (non-hydrogen) atoms. The molecule has 1 aliphatic rings. The third kappa shape index (κ3) is 7.23. The van der Waals surface area contributed by atoms with Crippen LogP contribution in [0.3, 0.4) is 0 Å². The van der Waals surface area contributed by atoms with Crippen molar-refractivity contribution in [3.8, 4) is 0 Å². The van der Waals surface area contributed by atoms with Crippen LogP contribution in [0.1, 0.15) is 75.9 Å². The number of rotatable bonds is 8. The zero-order valence-electron chi connectivity index (χ0n) is 17.7. The number of nitrogens with one attached hydrogen (secondary N) is 2. The van der Waals surface area contributed by atoms with Crippen molar-refractivity contribution in [2.24, 2.45) is 11.3 Å². The number of pyridine rings is 1. The molecule has 0 atom stereocenters. The molecule has 2 rings (SSSR count). The van der Waals surface area contributed by atoms with Crippen LogP contribution in [0.5, 0.6) is 0 Å². The van der Waals surface area contributed by atoms with Crippen LogP contribution in [-0.2, 0) is 16.1 Å². The SMILES string of the molecule is CCOC(=O)CCNC(=O)c1ccc(CNC2CCC(C(C)(C)C)CC2)nc1. The van der Waals surface area contributed by atoms with E-state index >= 15 is 0 Å². The highest BCUT2D eigenvalue weighted by atomic mass is 16.5. The summed E-state index contributed by atoms with van der Waals surface area (Å²) in [5.74, 6) is 0.279. The maximum Gasteiger partial charge on any atom is 0.307 e. The smallest absolute Gasteiger partial charge is 0.307 e. The van der Waals surface area contributed by atoms with E-state index in [1.54, 1.807) is 19.2 Å². The number of esters is 1. The molecule has 1 amide bonds. The average Bonchev–Trinajstić information content (AvgIpc) is 2.66. The van der Waals surface area contributed by atoms with E-state index in [-0.39, 0.29) is 24.8 Å². The van der Waals surface area contributed by atoms with Gasteiger partial charge in [-0.15, -0.1) is 0 Å². The van der Waals surface area contributed by atoms with E-state index in [4.69, 9.17) is 4.74 Å². The van der Waals surface area contributed by atoms with Crippen LogP contribution in [0.4, 0.5) is 0 Å². The summed E-state index contributed by atoms with van der Waals surface area (Å²) >= 11 is 0. The standard InChI is InChI=1S/C22H35N3O3/c1-5-28-20(26)12-13-23-21(27)16-6-9-19(24-14-16)15-25-18-10-7-17(8-11-18)22(2,3)4/h6,9,14,17-18,25H,5,7-8,10-13,15H2,1-4H3,(H,23,27). The Morgan fingerprint density at radius 2 is 1.89 bits per heavy atom. The Hall–Kier alpha value is -1.95. The zero-order valence-corrected chi connectivity index (χ0v) is 17.7. The predicted molar refractivity (Wildman–Crippen MR) is 110 cm³/mol. The van der Waals surface area contributed by atoms with Gasteiger partial charge in [-0.25, -0.2) is 0 Å². The van der Waals surface area contributed by atoms with Crippen molar-refractivity contribution in [3.63, 3.8) is 0 Å².